The summed E-state index contributed by atoms with van der Waals surface area (Å²) in [7, 11) is -4.34. The molecule has 10 rings (SSSR count). The standard InChI is InChI=1S/C55H48F2N2Si2/c1-60(2,3)55(61(4,5)6)53-46-31-28-44(58(40-19-9-7-10-20-40)42-23-15-17-38(56)34-42)33-37(46)27-30-50(53)52-48-26-14-13-25-47(48)51-36-45(29-32-49(51)54(52)55)59(41-21-11-8-12-22-41)43-24-16-18-39(57)35-43/h7-36H,1-6H3. The lowest BCUT2D eigenvalue weighted by Crippen LogP contribution is -2.63. The Bertz CT molecular complexity index is 3140. The summed E-state index contributed by atoms with van der Waals surface area (Å²) in [6.07, 6.45) is 0. The van der Waals surface area contributed by atoms with Gasteiger partial charge in [-0.15, -0.1) is 0 Å². The number of hydrogen-bond donors (Lipinski definition) is 0. The number of halogens is 2. The molecule has 0 fully saturated rings. The molecule has 0 heterocycles. The van der Waals surface area contributed by atoms with Gasteiger partial charge in [-0.3, -0.25) is 0 Å². The molecule has 61 heavy (non-hydrogen) atoms. The molecule has 0 atom stereocenters. The Kier molecular flexibility index (Phi) is 9.16. The van der Waals surface area contributed by atoms with Crippen LogP contribution in [0, 0.1) is 11.6 Å². The maximum absolute atomic E-state index is 14.9. The van der Waals surface area contributed by atoms with Crippen molar-refractivity contribution in [1.82, 2.24) is 0 Å². The zero-order valence-corrected chi connectivity index (χ0v) is 37.5. The highest BCUT2D eigenvalue weighted by Gasteiger charge is 2.60. The average molecular weight is 831 g/mol. The summed E-state index contributed by atoms with van der Waals surface area (Å²) in [5, 5.41) is 7.42. The van der Waals surface area contributed by atoms with E-state index in [1.54, 1.807) is 24.3 Å². The summed E-state index contributed by atoms with van der Waals surface area (Å²) in [4.78, 5) is 4.31. The normalized spacial score (nSPS) is 13.4. The van der Waals surface area contributed by atoms with Crippen molar-refractivity contribution >= 4 is 82.6 Å². The minimum absolute atomic E-state index is 0.182. The predicted molar refractivity (Wildman–Crippen MR) is 261 cm³/mol. The second-order valence-electron chi connectivity index (χ2n) is 18.5. The summed E-state index contributed by atoms with van der Waals surface area (Å²) >= 11 is 0. The zero-order chi connectivity index (χ0) is 42.3. The van der Waals surface area contributed by atoms with Crippen molar-refractivity contribution < 1.29 is 8.78 Å². The van der Waals surface area contributed by atoms with Gasteiger partial charge in [0.15, 0.2) is 0 Å². The van der Waals surface area contributed by atoms with Crippen LogP contribution in [0.2, 0.25) is 39.3 Å². The van der Waals surface area contributed by atoms with Crippen molar-refractivity contribution in [2.24, 2.45) is 0 Å². The van der Waals surface area contributed by atoms with E-state index in [4.69, 9.17) is 0 Å². The van der Waals surface area contributed by atoms with Crippen LogP contribution in [0.1, 0.15) is 11.1 Å². The summed E-state index contributed by atoms with van der Waals surface area (Å²) in [6, 6.07) is 61.7. The Morgan fingerprint density at radius 2 is 0.836 bits per heavy atom. The van der Waals surface area contributed by atoms with Crippen LogP contribution in [0.5, 0.6) is 0 Å². The Morgan fingerprint density at radius 1 is 0.361 bits per heavy atom. The van der Waals surface area contributed by atoms with E-state index in [-0.39, 0.29) is 16.3 Å². The van der Waals surface area contributed by atoms with E-state index in [1.807, 2.05) is 48.5 Å². The van der Waals surface area contributed by atoms with Gasteiger partial charge in [-0.25, -0.2) is 8.78 Å². The largest absolute Gasteiger partial charge is 0.310 e. The van der Waals surface area contributed by atoms with Gasteiger partial charge in [0.1, 0.15) is 11.6 Å². The van der Waals surface area contributed by atoms with Gasteiger partial charge in [0.05, 0.1) is 16.1 Å². The van der Waals surface area contributed by atoms with Crippen molar-refractivity contribution in [3.8, 4) is 11.1 Å². The predicted octanol–water partition coefficient (Wildman–Crippen LogP) is 16.4. The van der Waals surface area contributed by atoms with E-state index in [0.717, 1.165) is 34.1 Å². The van der Waals surface area contributed by atoms with Gasteiger partial charge in [-0.2, -0.15) is 0 Å². The lowest BCUT2D eigenvalue weighted by atomic mass is 9.91. The Balaban J connectivity index is 1.27. The smallest absolute Gasteiger partial charge is 0.125 e. The van der Waals surface area contributed by atoms with E-state index < -0.39 is 16.1 Å². The molecular weight excluding hydrogens is 783 g/mol. The molecule has 300 valence electrons. The Hall–Kier alpha value is -6.35. The minimum atomic E-state index is -2.17. The van der Waals surface area contributed by atoms with Crippen molar-refractivity contribution in [3.05, 3.63) is 205 Å². The first-order valence-electron chi connectivity index (χ1n) is 21.1. The third-order valence-electron chi connectivity index (χ3n) is 13.0. The molecule has 0 saturated carbocycles. The third-order valence-corrected chi connectivity index (χ3v) is 23.0. The molecule has 0 radical (unpaired) electrons. The van der Waals surface area contributed by atoms with E-state index >= 15 is 0 Å². The van der Waals surface area contributed by atoms with Gasteiger partial charge in [-0.1, -0.05) is 136 Å². The number of rotatable bonds is 8. The zero-order valence-electron chi connectivity index (χ0n) is 35.5. The summed E-state index contributed by atoms with van der Waals surface area (Å²) in [5.74, 6) is -0.533. The molecule has 0 bridgehead atoms. The fraction of sp³-hybridized carbons (Fsp3) is 0.127. The molecule has 0 unspecified atom stereocenters. The molecule has 0 N–H and O–H groups in total. The highest BCUT2D eigenvalue weighted by atomic mass is 28.4. The molecule has 1 aliphatic carbocycles. The summed E-state index contributed by atoms with van der Waals surface area (Å²) < 4.78 is 29.6. The molecule has 1 aliphatic rings. The average Bonchev–Trinajstić information content (AvgIpc) is 3.59. The van der Waals surface area contributed by atoms with Crippen LogP contribution in [0.25, 0.3) is 43.4 Å². The van der Waals surface area contributed by atoms with Gasteiger partial charge in [-0.05, 0) is 140 Å². The third kappa shape index (κ3) is 6.06. The molecule has 0 spiro atoms. The topological polar surface area (TPSA) is 6.48 Å². The molecular formula is C55H48F2N2Si2. The quantitative estimate of drug-likeness (QED) is 0.111. The van der Waals surface area contributed by atoms with Gasteiger partial charge >= 0.3 is 0 Å². The number of benzene rings is 9. The molecule has 0 amide bonds. The number of nitrogens with zero attached hydrogens (tertiary/aromatic N) is 2. The van der Waals surface area contributed by atoms with E-state index in [9.17, 15) is 8.78 Å². The highest BCUT2D eigenvalue weighted by Crippen LogP contribution is 2.63. The molecule has 2 nitrogen and oxygen atoms in total. The van der Waals surface area contributed by atoms with Crippen molar-refractivity contribution in [3.63, 3.8) is 0 Å². The van der Waals surface area contributed by atoms with E-state index in [0.29, 0.717) is 0 Å². The van der Waals surface area contributed by atoms with E-state index in [1.165, 1.54) is 66.7 Å². The fourth-order valence-corrected chi connectivity index (χ4v) is 24.1. The summed E-state index contributed by atoms with van der Waals surface area (Å²) in [5.41, 5.74) is 11.1. The monoisotopic (exact) mass is 830 g/mol. The van der Waals surface area contributed by atoms with Gasteiger partial charge in [0.25, 0.3) is 0 Å². The summed E-state index contributed by atoms with van der Waals surface area (Å²) in [6.45, 7) is 15.5. The number of para-hydroxylation sites is 2. The van der Waals surface area contributed by atoms with Crippen LogP contribution in [-0.2, 0) is 4.66 Å². The van der Waals surface area contributed by atoms with Crippen LogP contribution < -0.4 is 9.80 Å². The van der Waals surface area contributed by atoms with Gasteiger partial charge < -0.3 is 9.80 Å². The van der Waals surface area contributed by atoms with Crippen LogP contribution in [0.3, 0.4) is 0 Å². The second kappa shape index (κ2) is 14.4. The Morgan fingerprint density at radius 3 is 1.38 bits per heavy atom. The second-order valence-corrected chi connectivity index (χ2v) is 29.5. The molecule has 9 aromatic carbocycles. The van der Waals surface area contributed by atoms with Crippen molar-refractivity contribution in [2.75, 3.05) is 9.80 Å². The van der Waals surface area contributed by atoms with Crippen LogP contribution in [-0.4, -0.2) is 16.1 Å². The molecule has 0 aliphatic heterocycles. The number of hydrogen-bond acceptors (Lipinski definition) is 2. The lowest BCUT2D eigenvalue weighted by molar-refractivity contribution is 0.627. The number of anilines is 6. The lowest BCUT2D eigenvalue weighted by Gasteiger charge is -2.52. The Labute approximate surface area is 359 Å². The molecule has 9 aromatic rings. The number of fused-ring (bicyclic) bond motifs is 10. The molecule has 0 saturated heterocycles. The van der Waals surface area contributed by atoms with E-state index in [2.05, 4.69) is 146 Å². The minimum Gasteiger partial charge on any atom is -0.310 e. The van der Waals surface area contributed by atoms with Crippen molar-refractivity contribution in [1.29, 1.82) is 0 Å². The first kappa shape index (κ1) is 38.8. The first-order chi connectivity index (χ1) is 29.4. The van der Waals surface area contributed by atoms with Crippen LogP contribution >= 0.6 is 0 Å². The fourth-order valence-electron chi connectivity index (χ4n) is 11.1. The first-order valence-corrected chi connectivity index (χ1v) is 28.1. The molecule has 0 aromatic heterocycles. The molecule has 6 heteroatoms. The maximum Gasteiger partial charge on any atom is 0.125 e. The van der Waals surface area contributed by atoms with Gasteiger partial charge in [0.2, 0.25) is 0 Å². The van der Waals surface area contributed by atoms with Crippen LogP contribution in [0.15, 0.2) is 182 Å². The highest BCUT2D eigenvalue weighted by molar-refractivity contribution is 7.00. The van der Waals surface area contributed by atoms with Crippen molar-refractivity contribution in [2.45, 2.75) is 43.9 Å². The SMILES string of the molecule is C[Si](C)(C)C1([Si](C)(C)C)c2c(ccc3cc(N(c4ccccc4)c4cccc(F)c4)ccc23)-c2c1c1ccc(N(c3ccccc3)c3cccc(F)c3)cc1c1ccccc21. The van der Waals surface area contributed by atoms with Crippen LogP contribution in [0.4, 0.5) is 42.9 Å². The maximum atomic E-state index is 14.9. The van der Waals surface area contributed by atoms with Gasteiger partial charge in [0, 0.05) is 38.8 Å².